The Hall–Kier alpha value is -3.74. The Kier molecular flexibility index (Phi) is 8.69. The van der Waals surface area contributed by atoms with Gasteiger partial charge in [-0.1, -0.05) is 50.2 Å². The van der Waals surface area contributed by atoms with Crippen molar-refractivity contribution in [3.8, 4) is 0 Å². The van der Waals surface area contributed by atoms with Crippen LogP contribution in [-0.2, 0) is 9.59 Å². The number of halogens is 1. The van der Waals surface area contributed by atoms with Gasteiger partial charge >= 0.3 is 0 Å². The number of carbonyl (C=O) groups excluding carboxylic acids is 3. The normalized spacial score (nSPS) is 13.2. The van der Waals surface area contributed by atoms with Gasteiger partial charge in [-0.15, -0.1) is 0 Å². The molecule has 0 spiro atoms. The molecule has 0 saturated carbocycles. The number of aryl methyl sites for hydroxylation is 1. The highest BCUT2D eigenvalue weighted by molar-refractivity contribution is 6.00. The molecule has 2 atom stereocenters. The van der Waals surface area contributed by atoms with Crippen molar-refractivity contribution in [2.24, 2.45) is 0 Å². The third-order valence-electron chi connectivity index (χ3n) is 6.13. The quantitative estimate of drug-likeness (QED) is 0.394. The van der Waals surface area contributed by atoms with E-state index in [9.17, 15) is 18.8 Å². The number of ketones is 1. The third kappa shape index (κ3) is 7.15. The van der Waals surface area contributed by atoms with Crippen molar-refractivity contribution >= 4 is 17.6 Å². The van der Waals surface area contributed by atoms with E-state index in [4.69, 9.17) is 4.42 Å². The van der Waals surface area contributed by atoms with Gasteiger partial charge in [0.1, 0.15) is 5.82 Å². The standard InChI is InChI=1S/C30H35FN2O4/c1-18(2)20-9-11-21(12-10-20)27(29(36)33-30(4,5)6)26(22-13-14-23(31)19(3)16-22)24(34)17-32-28(35)25-8-7-15-37-25/h7-16,18,26-27H,17H2,1-6H3,(H,32,35)(H,33,36)/t26-,27-/m0/s1. The number of amides is 2. The molecule has 7 heteroatoms. The van der Waals surface area contributed by atoms with Gasteiger partial charge in [0.25, 0.3) is 5.91 Å². The van der Waals surface area contributed by atoms with E-state index in [1.54, 1.807) is 19.1 Å². The summed E-state index contributed by atoms with van der Waals surface area (Å²) in [5, 5.41) is 5.60. The second-order valence-electron chi connectivity index (χ2n) is 10.7. The van der Waals surface area contributed by atoms with E-state index < -0.39 is 29.1 Å². The summed E-state index contributed by atoms with van der Waals surface area (Å²) < 4.78 is 19.3. The van der Waals surface area contributed by atoms with Crippen molar-refractivity contribution in [2.75, 3.05) is 6.54 Å². The number of furan rings is 1. The van der Waals surface area contributed by atoms with Crippen molar-refractivity contribution < 1.29 is 23.2 Å². The third-order valence-corrected chi connectivity index (χ3v) is 6.13. The van der Waals surface area contributed by atoms with Gasteiger partial charge in [-0.3, -0.25) is 14.4 Å². The first kappa shape index (κ1) is 27.8. The maximum Gasteiger partial charge on any atom is 0.287 e. The van der Waals surface area contributed by atoms with Crippen molar-refractivity contribution in [3.05, 3.63) is 94.7 Å². The first-order chi connectivity index (χ1) is 17.4. The van der Waals surface area contributed by atoms with Crippen LogP contribution in [0, 0.1) is 12.7 Å². The van der Waals surface area contributed by atoms with E-state index in [1.165, 1.54) is 24.5 Å². The molecule has 0 radical (unpaired) electrons. The predicted molar refractivity (Wildman–Crippen MR) is 141 cm³/mol. The predicted octanol–water partition coefficient (Wildman–Crippen LogP) is 5.63. The molecule has 196 valence electrons. The summed E-state index contributed by atoms with van der Waals surface area (Å²) in [4.78, 5) is 39.9. The SMILES string of the molecule is Cc1cc([C@@H](C(=O)CNC(=O)c2ccco2)[C@@H](C(=O)NC(C)(C)C)c2ccc(C(C)C)cc2)ccc1F. The molecule has 2 amide bonds. The lowest BCUT2D eigenvalue weighted by Gasteiger charge is -2.30. The molecular weight excluding hydrogens is 471 g/mol. The lowest BCUT2D eigenvalue weighted by atomic mass is 9.77. The summed E-state index contributed by atoms with van der Waals surface area (Å²) in [6.45, 7) is 11.0. The molecule has 0 saturated heterocycles. The summed E-state index contributed by atoms with van der Waals surface area (Å²) in [6, 6.07) is 15.1. The van der Waals surface area contributed by atoms with Crippen LogP contribution in [-0.4, -0.2) is 29.7 Å². The van der Waals surface area contributed by atoms with Crippen molar-refractivity contribution in [2.45, 2.75) is 64.8 Å². The molecule has 0 bridgehead atoms. The first-order valence-electron chi connectivity index (χ1n) is 12.4. The van der Waals surface area contributed by atoms with Gasteiger partial charge in [0.05, 0.1) is 24.6 Å². The molecule has 2 N–H and O–H groups in total. The van der Waals surface area contributed by atoms with Crippen LogP contribution >= 0.6 is 0 Å². The first-order valence-corrected chi connectivity index (χ1v) is 12.4. The van der Waals surface area contributed by atoms with E-state index in [0.29, 0.717) is 22.6 Å². The summed E-state index contributed by atoms with van der Waals surface area (Å²) in [7, 11) is 0. The highest BCUT2D eigenvalue weighted by atomic mass is 19.1. The number of benzene rings is 2. The topological polar surface area (TPSA) is 88.4 Å². The average molecular weight is 507 g/mol. The molecule has 3 rings (SSSR count). The van der Waals surface area contributed by atoms with Crippen LogP contribution in [0.15, 0.2) is 65.3 Å². The fourth-order valence-corrected chi connectivity index (χ4v) is 4.23. The van der Waals surface area contributed by atoms with Gasteiger partial charge < -0.3 is 15.1 Å². The van der Waals surface area contributed by atoms with Crippen LogP contribution in [0.2, 0.25) is 0 Å². The van der Waals surface area contributed by atoms with Crippen LogP contribution in [0.3, 0.4) is 0 Å². The van der Waals surface area contributed by atoms with Gasteiger partial charge in [0.15, 0.2) is 11.5 Å². The monoisotopic (exact) mass is 506 g/mol. The lowest BCUT2D eigenvalue weighted by Crippen LogP contribution is -2.46. The molecule has 0 aliphatic heterocycles. The molecular formula is C30H35FN2O4. The van der Waals surface area contributed by atoms with Crippen LogP contribution in [0.4, 0.5) is 4.39 Å². The van der Waals surface area contributed by atoms with Crippen molar-refractivity contribution in [1.82, 2.24) is 10.6 Å². The van der Waals surface area contributed by atoms with Gasteiger partial charge in [-0.25, -0.2) is 4.39 Å². The minimum Gasteiger partial charge on any atom is -0.459 e. The maximum atomic E-state index is 14.2. The van der Waals surface area contributed by atoms with E-state index in [1.807, 2.05) is 45.0 Å². The summed E-state index contributed by atoms with van der Waals surface area (Å²) in [6.07, 6.45) is 1.37. The Balaban J connectivity index is 2.07. The van der Waals surface area contributed by atoms with Gasteiger partial charge in [-0.2, -0.15) is 0 Å². The zero-order chi connectivity index (χ0) is 27.3. The minimum absolute atomic E-state index is 0.0771. The molecule has 3 aromatic rings. The number of rotatable bonds is 9. The summed E-state index contributed by atoms with van der Waals surface area (Å²) in [5.74, 6) is -3.15. The fourth-order valence-electron chi connectivity index (χ4n) is 4.23. The summed E-state index contributed by atoms with van der Waals surface area (Å²) in [5.41, 5.74) is 2.07. The number of hydrogen-bond acceptors (Lipinski definition) is 4. The second kappa shape index (κ2) is 11.5. The van der Waals surface area contributed by atoms with E-state index in [0.717, 1.165) is 5.56 Å². The Morgan fingerprint density at radius 2 is 1.54 bits per heavy atom. The number of hydrogen-bond donors (Lipinski definition) is 2. The molecule has 6 nitrogen and oxygen atoms in total. The van der Waals surface area contributed by atoms with Gasteiger partial charge in [0.2, 0.25) is 5.91 Å². The molecule has 1 heterocycles. The Morgan fingerprint density at radius 3 is 2.08 bits per heavy atom. The Labute approximate surface area is 217 Å². The average Bonchev–Trinajstić information content (AvgIpc) is 3.37. The summed E-state index contributed by atoms with van der Waals surface area (Å²) >= 11 is 0. The molecule has 2 aromatic carbocycles. The molecule has 0 fully saturated rings. The molecule has 0 unspecified atom stereocenters. The number of nitrogens with one attached hydrogen (secondary N) is 2. The van der Waals surface area contributed by atoms with Crippen LogP contribution < -0.4 is 10.6 Å². The highest BCUT2D eigenvalue weighted by Gasteiger charge is 2.37. The molecule has 0 aliphatic rings. The van der Waals surface area contributed by atoms with Gasteiger partial charge in [-0.05, 0) is 74.1 Å². The maximum absolute atomic E-state index is 14.2. The van der Waals surface area contributed by atoms with Crippen LogP contribution in [0.25, 0.3) is 0 Å². The zero-order valence-electron chi connectivity index (χ0n) is 22.2. The Morgan fingerprint density at radius 1 is 0.919 bits per heavy atom. The van der Waals surface area contributed by atoms with Crippen molar-refractivity contribution in [3.63, 3.8) is 0 Å². The van der Waals surface area contributed by atoms with E-state index in [2.05, 4.69) is 24.5 Å². The number of Topliss-reactive ketones (excluding diaryl/α,β-unsaturated/α-hetero) is 1. The lowest BCUT2D eigenvalue weighted by molar-refractivity contribution is -0.129. The molecule has 37 heavy (non-hydrogen) atoms. The number of carbonyl (C=O) groups is 3. The zero-order valence-corrected chi connectivity index (χ0v) is 22.2. The fraction of sp³-hybridized carbons (Fsp3) is 0.367. The van der Waals surface area contributed by atoms with Crippen LogP contribution in [0.1, 0.15) is 85.2 Å². The van der Waals surface area contributed by atoms with Gasteiger partial charge in [0, 0.05) is 5.54 Å². The molecule has 1 aromatic heterocycles. The van der Waals surface area contributed by atoms with E-state index in [-0.39, 0.29) is 24.0 Å². The van der Waals surface area contributed by atoms with E-state index >= 15 is 0 Å². The largest absolute Gasteiger partial charge is 0.459 e. The van der Waals surface area contributed by atoms with Crippen LogP contribution in [0.5, 0.6) is 0 Å². The smallest absolute Gasteiger partial charge is 0.287 e. The Bertz CT molecular complexity index is 1240. The minimum atomic E-state index is -0.969. The second-order valence-corrected chi connectivity index (χ2v) is 10.7. The highest BCUT2D eigenvalue weighted by Crippen LogP contribution is 2.36. The van der Waals surface area contributed by atoms with Crippen molar-refractivity contribution in [1.29, 1.82) is 0 Å². The molecule has 0 aliphatic carbocycles.